The van der Waals surface area contributed by atoms with Gasteiger partial charge in [-0.2, -0.15) is 5.10 Å². The van der Waals surface area contributed by atoms with Crippen LogP contribution >= 0.6 is 11.3 Å². The van der Waals surface area contributed by atoms with E-state index in [4.69, 9.17) is 4.98 Å². The van der Waals surface area contributed by atoms with E-state index in [2.05, 4.69) is 28.4 Å². The highest BCUT2D eigenvalue weighted by molar-refractivity contribution is 7.12. The maximum atomic E-state index is 13.1. The third kappa shape index (κ3) is 3.47. The maximum Gasteiger partial charge on any atom is 0.257 e. The highest BCUT2D eigenvalue weighted by Crippen LogP contribution is 2.33. The van der Waals surface area contributed by atoms with Gasteiger partial charge in [-0.05, 0) is 52.0 Å². The summed E-state index contributed by atoms with van der Waals surface area (Å²) in [5.41, 5.74) is 2.80. The van der Waals surface area contributed by atoms with E-state index in [0.29, 0.717) is 16.6 Å². The van der Waals surface area contributed by atoms with Crippen LogP contribution in [0.4, 0.5) is 5.82 Å². The predicted octanol–water partition coefficient (Wildman–Crippen LogP) is 4.71. The molecule has 0 aliphatic heterocycles. The molecule has 148 valence electrons. The Morgan fingerprint density at radius 2 is 2.07 bits per heavy atom. The van der Waals surface area contributed by atoms with E-state index >= 15 is 0 Å². The number of carbonyl (C=O) groups is 1. The lowest BCUT2D eigenvalue weighted by Crippen LogP contribution is -2.14. The predicted molar refractivity (Wildman–Crippen MR) is 115 cm³/mol. The summed E-state index contributed by atoms with van der Waals surface area (Å²) in [5, 5.41) is 17.7. The Kier molecular flexibility index (Phi) is 4.79. The Bertz CT molecular complexity index is 1230. The van der Waals surface area contributed by atoms with E-state index in [1.165, 1.54) is 17.1 Å². The molecular formula is C21H21N5O2S. The Labute approximate surface area is 172 Å². The summed E-state index contributed by atoms with van der Waals surface area (Å²) >= 11 is 1.69. The number of nitrogens with one attached hydrogen (secondary N) is 1. The number of pyridine rings is 2. The lowest BCUT2D eigenvalue weighted by atomic mass is 10.1. The standard InChI is InChI=1S/C21H21N5O2S/c1-11(2)26-20-16(10-23-26)15(21(28)25-19-18(27)6-5-7-22-19)9-17(24-20)14-8-12(3)29-13(14)4/h5-11,27H,1-4H3,(H,22,25,28). The van der Waals surface area contributed by atoms with Crippen molar-refractivity contribution in [3.05, 3.63) is 52.0 Å². The first-order valence-corrected chi connectivity index (χ1v) is 10.1. The first-order chi connectivity index (χ1) is 13.8. The minimum absolute atomic E-state index is 0.0893. The molecule has 4 rings (SSSR count). The number of anilines is 1. The summed E-state index contributed by atoms with van der Waals surface area (Å²) in [6.45, 7) is 8.14. The van der Waals surface area contributed by atoms with Crippen molar-refractivity contribution in [2.75, 3.05) is 5.32 Å². The zero-order valence-electron chi connectivity index (χ0n) is 16.6. The second-order valence-electron chi connectivity index (χ2n) is 7.13. The van der Waals surface area contributed by atoms with Crippen molar-refractivity contribution in [1.82, 2.24) is 19.7 Å². The Morgan fingerprint density at radius 3 is 2.72 bits per heavy atom. The van der Waals surface area contributed by atoms with E-state index < -0.39 is 0 Å². The van der Waals surface area contributed by atoms with Gasteiger partial charge in [0.25, 0.3) is 5.91 Å². The molecule has 7 nitrogen and oxygen atoms in total. The fourth-order valence-electron chi connectivity index (χ4n) is 3.27. The average molecular weight is 407 g/mol. The molecule has 0 fully saturated rings. The molecular weight excluding hydrogens is 386 g/mol. The first kappa shape index (κ1) is 19.1. The van der Waals surface area contributed by atoms with Crippen LogP contribution in [-0.4, -0.2) is 30.8 Å². The fraction of sp³-hybridized carbons (Fsp3) is 0.238. The van der Waals surface area contributed by atoms with Gasteiger partial charge < -0.3 is 10.4 Å². The molecule has 0 bridgehead atoms. The number of aromatic nitrogens is 4. The topological polar surface area (TPSA) is 92.9 Å². The number of aromatic hydroxyl groups is 1. The van der Waals surface area contributed by atoms with Gasteiger partial charge in [-0.15, -0.1) is 11.3 Å². The van der Waals surface area contributed by atoms with Crippen molar-refractivity contribution < 1.29 is 9.90 Å². The molecule has 0 aromatic carbocycles. The van der Waals surface area contributed by atoms with Gasteiger partial charge in [-0.3, -0.25) is 4.79 Å². The maximum absolute atomic E-state index is 13.1. The van der Waals surface area contributed by atoms with Crippen LogP contribution < -0.4 is 5.32 Å². The van der Waals surface area contributed by atoms with Crippen molar-refractivity contribution in [1.29, 1.82) is 0 Å². The van der Waals surface area contributed by atoms with E-state index in [-0.39, 0.29) is 23.5 Å². The van der Waals surface area contributed by atoms with Crippen LogP contribution in [0.3, 0.4) is 0 Å². The lowest BCUT2D eigenvalue weighted by molar-refractivity contribution is 0.102. The van der Waals surface area contributed by atoms with Gasteiger partial charge in [0.15, 0.2) is 17.2 Å². The minimum atomic E-state index is -0.374. The van der Waals surface area contributed by atoms with Crippen molar-refractivity contribution in [3.63, 3.8) is 0 Å². The molecule has 8 heteroatoms. The summed E-state index contributed by atoms with van der Waals surface area (Å²) < 4.78 is 1.81. The van der Waals surface area contributed by atoms with Gasteiger partial charge in [0.1, 0.15) is 0 Å². The number of fused-ring (bicyclic) bond motifs is 1. The van der Waals surface area contributed by atoms with Gasteiger partial charge in [0.05, 0.1) is 22.8 Å². The molecule has 1 amide bonds. The summed E-state index contributed by atoms with van der Waals surface area (Å²) in [7, 11) is 0. The normalized spacial score (nSPS) is 11.3. The third-order valence-corrected chi connectivity index (χ3v) is 5.60. The second kappa shape index (κ2) is 7.29. The van der Waals surface area contributed by atoms with E-state index in [1.54, 1.807) is 29.7 Å². The second-order valence-corrected chi connectivity index (χ2v) is 8.59. The largest absolute Gasteiger partial charge is 0.504 e. The molecule has 0 aliphatic carbocycles. The summed E-state index contributed by atoms with van der Waals surface area (Å²) in [6.07, 6.45) is 3.17. The van der Waals surface area contributed by atoms with Crippen LogP contribution in [0.2, 0.25) is 0 Å². The fourth-order valence-corrected chi connectivity index (χ4v) is 4.21. The number of carbonyl (C=O) groups excluding carboxylic acids is 1. The van der Waals surface area contributed by atoms with Crippen LogP contribution in [0.15, 0.2) is 36.7 Å². The van der Waals surface area contributed by atoms with Gasteiger partial charge in [-0.1, -0.05) is 0 Å². The van der Waals surface area contributed by atoms with Crippen molar-refractivity contribution >= 4 is 34.1 Å². The number of aryl methyl sites for hydroxylation is 2. The molecule has 0 saturated heterocycles. The SMILES string of the molecule is Cc1cc(-c2cc(C(=O)Nc3ncccc3O)c3cnn(C(C)C)c3n2)c(C)s1. The number of amides is 1. The van der Waals surface area contributed by atoms with Gasteiger partial charge >= 0.3 is 0 Å². The van der Waals surface area contributed by atoms with Crippen molar-refractivity contribution in [2.45, 2.75) is 33.7 Å². The van der Waals surface area contributed by atoms with Crippen LogP contribution in [0.25, 0.3) is 22.3 Å². The Balaban J connectivity index is 1.89. The summed E-state index contributed by atoms with van der Waals surface area (Å²) in [6, 6.07) is 7.03. The van der Waals surface area contributed by atoms with Crippen molar-refractivity contribution in [2.24, 2.45) is 0 Å². The molecule has 0 spiro atoms. The highest BCUT2D eigenvalue weighted by Gasteiger charge is 2.20. The van der Waals surface area contributed by atoms with Gasteiger partial charge in [0, 0.05) is 27.6 Å². The third-order valence-electron chi connectivity index (χ3n) is 4.64. The molecule has 0 atom stereocenters. The Morgan fingerprint density at radius 1 is 1.28 bits per heavy atom. The molecule has 0 saturated carbocycles. The van der Waals surface area contributed by atoms with Crippen LogP contribution in [0, 0.1) is 13.8 Å². The van der Waals surface area contributed by atoms with E-state index in [1.807, 2.05) is 25.5 Å². The zero-order valence-corrected chi connectivity index (χ0v) is 17.4. The van der Waals surface area contributed by atoms with Crippen LogP contribution in [0.5, 0.6) is 5.75 Å². The quantitative estimate of drug-likeness (QED) is 0.511. The number of thiophene rings is 1. The number of hydrogen-bond donors (Lipinski definition) is 2. The van der Waals surface area contributed by atoms with Gasteiger partial charge in [0.2, 0.25) is 0 Å². The molecule has 4 aromatic heterocycles. The minimum Gasteiger partial charge on any atom is -0.504 e. The smallest absolute Gasteiger partial charge is 0.257 e. The van der Waals surface area contributed by atoms with Crippen LogP contribution in [0.1, 0.15) is 40.0 Å². The number of hydrogen-bond acceptors (Lipinski definition) is 6. The van der Waals surface area contributed by atoms with E-state index in [9.17, 15) is 9.90 Å². The average Bonchev–Trinajstić information content (AvgIpc) is 3.25. The van der Waals surface area contributed by atoms with E-state index in [0.717, 1.165) is 16.1 Å². The van der Waals surface area contributed by atoms with Gasteiger partial charge in [-0.25, -0.2) is 14.6 Å². The zero-order chi connectivity index (χ0) is 20.7. The van der Waals surface area contributed by atoms with Crippen molar-refractivity contribution in [3.8, 4) is 17.0 Å². The monoisotopic (exact) mass is 407 g/mol. The highest BCUT2D eigenvalue weighted by atomic mass is 32.1. The number of rotatable bonds is 4. The number of nitrogens with zero attached hydrogens (tertiary/aromatic N) is 4. The molecule has 0 radical (unpaired) electrons. The molecule has 29 heavy (non-hydrogen) atoms. The molecule has 0 aliphatic rings. The van der Waals surface area contributed by atoms with Crippen LogP contribution in [-0.2, 0) is 0 Å². The molecule has 4 aromatic rings. The lowest BCUT2D eigenvalue weighted by Gasteiger charge is -2.11. The first-order valence-electron chi connectivity index (χ1n) is 9.26. The summed E-state index contributed by atoms with van der Waals surface area (Å²) in [5.74, 6) is -0.350. The summed E-state index contributed by atoms with van der Waals surface area (Å²) in [4.78, 5) is 24.3. The Hall–Kier alpha value is -3.26. The molecule has 4 heterocycles. The molecule has 2 N–H and O–H groups in total. The molecule has 0 unspecified atom stereocenters.